The van der Waals surface area contributed by atoms with Gasteiger partial charge in [0.25, 0.3) is 0 Å². The van der Waals surface area contributed by atoms with Crippen LogP contribution < -0.4 is 0 Å². The van der Waals surface area contributed by atoms with Crippen LogP contribution in [0.3, 0.4) is 0 Å². The maximum Gasteiger partial charge on any atom is 0.0490 e. The Hall–Kier alpha value is -0.530. The van der Waals surface area contributed by atoms with Crippen molar-refractivity contribution >= 4 is 11.6 Å². The number of aliphatic hydroxyl groups excluding tert-OH is 1. The third kappa shape index (κ3) is 1.87. The average molecular weight is 237 g/mol. The first kappa shape index (κ1) is 10.6. The maximum atomic E-state index is 9.65. The van der Waals surface area contributed by atoms with Crippen LogP contribution in [0, 0.1) is 17.3 Å². The summed E-state index contributed by atoms with van der Waals surface area (Å²) in [5.41, 5.74) is 1.42. The molecule has 86 valence electrons. The Labute approximate surface area is 101 Å². The van der Waals surface area contributed by atoms with Crippen LogP contribution in [0.4, 0.5) is 0 Å². The van der Waals surface area contributed by atoms with Crippen LogP contribution in [-0.2, 0) is 6.42 Å². The molecule has 2 fully saturated rings. The van der Waals surface area contributed by atoms with Crippen LogP contribution in [0.1, 0.15) is 24.8 Å². The van der Waals surface area contributed by atoms with Gasteiger partial charge in [-0.3, -0.25) is 0 Å². The minimum absolute atomic E-state index is 0.151. The summed E-state index contributed by atoms with van der Waals surface area (Å²) in [6, 6.07) is 8.05. The van der Waals surface area contributed by atoms with Crippen molar-refractivity contribution in [3.05, 3.63) is 34.9 Å². The maximum absolute atomic E-state index is 9.65. The Morgan fingerprint density at radius 2 is 2.06 bits per heavy atom. The molecule has 0 aromatic heterocycles. The highest BCUT2D eigenvalue weighted by Crippen LogP contribution is 2.60. The molecule has 1 aromatic rings. The quantitative estimate of drug-likeness (QED) is 0.854. The average Bonchev–Trinajstić information content (AvgIpc) is 2.87. The van der Waals surface area contributed by atoms with Gasteiger partial charge in [0.2, 0.25) is 0 Å². The van der Waals surface area contributed by atoms with Crippen molar-refractivity contribution in [2.75, 3.05) is 6.61 Å². The molecule has 1 nitrogen and oxygen atoms in total. The Morgan fingerprint density at radius 3 is 2.69 bits per heavy atom. The van der Waals surface area contributed by atoms with E-state index in [2.05, 4.69) is 6.07 Å². The first-order valence-corrected chi connectivity index (χ1v) is 6.44. The number of halogens is 1. The molecule has 3 rings (SSSR count). The molecule has 0 amide bonds. The van der Waals surface area contributed by atoms with Crippen molar-refractivity contribution in [3.63, 3.8) is 0 Å². The lowest BCUT2D eigenvalue weighted by Crippen LogP contribution is -2.26. The zero-order chi connectivity index (χ0) is 11.2. The predicted molar refractivity (Wildman–Crippen MR) is 65.5 cm³/mol. The van der Waals surface area contributed by atoms with Crippen molar-refractivity contribution < 1.29 is 5.11 Å². The summed E-state index contributed by atoms with van der Waals surface area (Å²) in [5, 5.41) is 10.5. The molecule has 1 aromatic carbocycles. The molecule has 16 heavy (non-hydrogen) atoms. The first-order valence-electron chi connectivity index (χ1n) is 6.06. The lowest BCUT2D eigenvalue weighted by atomic mass is 9.78. The minimum atomic E-state index is 0.151. The third-order valence-electron chi connectivity index (χ3n) is 4.26. The minimum Gasteiger partial charge on any atom is -0.396 e. The van der Waals surface area contributed by atoms with Crippen LogP contribution in [0.5, 0.6) is 0 Å². The predicted octanol–water partition coefficient (Wildman–Crippen LogP) is 3.29. The molecule has 2 heteroatoms. The van der Waals surface area contributed by atoms with Gasteiger partial charge in [-0.05, 0) is 60.6 Å². The van der Waals surface area contributed by atoms with E-state index in [9.17, 15) is 5.11 Å². The van der Waals surface area contributed by atoms with E-state index >= 15 is 0 Å². The van der Waals surface area contributed by atoms with Gasteiger partial charge in [0, 0.05) is 11.6 Å². The molecular weight excluding hydrogens is 220 g/mol. The summed E-state index contributed by atoms with van der Waals surface area (Å²) < 4.78 is 0. The normalized spacial score (nSPS) is 36.1. The van der Waals surface area contributed by atoms with Gasteiger partial charge in [-0.2, -0.15) is 0 Å². The third-order valence-corrected chi connectivity index (χ3v) is 4.50. The van der Waals surface area contributed by atoms with Crippen molar-refractivity contribution in [1.29, 1.82) is 0 Å². The number of fused-ring (bicyclic) bond motifs is 1. The van der Waals surface area contributed by atoms with E-state index in [0.717, 1.165) is 23.3 Å². The molecule has 0 saturated heterocycles. The van der Waals surface area contributed by atoms with Crippen molar-refractivity contribution in [2.45, 2.75) is 25.7 Å². The molecule has 2 aliphatic carbocycles. The van der Waals surface area contributed by atoms with Crippen LogP contribution in [-0.4, -0.2) is 11.7 Å². The van der Waals surface area contributed by atoms with Crippen molar-refractivity contribution in [1.82, 2.24) is 0 Å². The number of aliphatic hydroxyl groups is 1. The van der Waals surface area contributed by atoms with Crippen molar-refractivity contribution in [2.24, 2.45) is 17.3 Å². The number of hydrogen-bond acceptors (Lipinski definition) is 1. The Morgan fingerprint density at radius 1 is 1.31 bits per heavy atom. The molecule has 0 spiro atoms. The second-order valence-corrected chi connectivity index (χ2v) is 6.07. The van der Waals surface area contributed by atoms with Crippen LogP contribution in [0.15, 0.2) is 24.3 Å². The van der Waals surface area contributed by atoms with E-state index in [1.807, 2.05) is 18.2 Å². The standard InChI is InChI=1S/C14H17ClO/c15-13-3-1-2-10(4-13)6-14(9-16)7-11-5-12(11)8-14/h1-4,11-12,16H,5-9H2. The van der Waals surface area contributed by atoms with Gasteiger partial charge in [-0.1, -0.05) is 23.7 Å². The molecule has 0 aliphatic heterocycles. The molecule has 2 aliphatic rings. The van der Waals surface area contributed by atoms with Crippen LogP contribution in [0.25, 0.3) is 0 Å². The van der Waals surface area contributed by atoms with E-state index in [4.69, 9.17) is 11.6 Å². The SMILES string of the molecule is OCC1(Cc2cccc(Cl)c2)CC2CC2C1. The lowest BCUT2D eigenvalue weighted by Gasteiger charge is -2.28. The molecule has 0 heterocycles. The summed E-state index contributed by atoms with van der Waals surface area (Å²) in [5.74, 6) is 1.82. The Bertz CT molecular complexity index is 391. The molecule has 1 N–H and O–H groups in total. The van der Waals surface area contributed by atoms with Gasteiger partial charge < -0.3 is 5.11 Å². The number of benzene rings is 1. The fraction of sp³-hybridized carbons (Fsp3) is 0.571. The zero-order valence-corrected chi connectivity index (χ0v) is 10.1. The summed E-state index contributed by atoms with van der Waals surface area (Å²) in [6.45, 7) is 0.326. The number of hydrogen-bond donors (Lipinski definition) is 1. The zero-order valence-electron chi connectivity index (χ0n) is 9.32. The van der Waals surface area contributed by atoms with E-state index in [-0.39, 0.29) is 5.41 Å². The van der Waals surface area contributed by atoms with E-state index in [0.29, 0.717) is 6.61 Å². The molecule has 0 bridgehead atoms. The van der Waals surface area contributed by atoms with Gasteiger partial charge in [-0.15, -0.1) is 0 Å². The molecule has 2 saturated carbocycles. The summed E-state index contributed by atoms with van der Waals surface area (Å²) in [4.78, 5) is 0. The molecule has 0 radical (unpaired) electrons. The van der Waals surface area contributed by atoms with Gasteiger partial charge >= 0.3 is 0 Å². The van der Waals surface area contributed by atoms with E-state index < -0.39 is 0 Å². The lowest BCUT2D eigenvalue weighted by molar-refractivity contribution is 0.117. The van der Waals surface area contributed by atoms with Gasteiger partial charge in [0.05, 0.1) is 0 Å². The highest BCUT2D eigenvalue weighted by atomic mass is 35.5. The Balaban J connectivity index is 1.77. The topological polar surface area (TPSA) is 20.2 Å². The smallest absolute Gasteiger partial charge is 0.0490 e. The monoisotopic (exact) mass is 236 g/mol. The van der Waals surface area contributed by atoms with Gasteiger partial charge in [0.1, 0.15) is 0 Å². The fourth-order valence-corrected chi connectivity index (χ4v) is 3.63. The molecule has 2 atom stereocenters. The summed E-state index contributed by atoms with van der Waals surface area (Å²) in [7, 11) is 0. The van der Waals surface area contributed by atoms with Crippen molar-refractivity contribution in [3.8, 4) is 0 Å². The van der Waals surface area contributed by atoms with Gasteiger partial charge in [-0.25, -0.2) is 0 Å². The first-order chi connectivity index (χ1) is 7.71. The number of rotatable bonds is 3. The summed E-state index contributed by atoms with van der Waals surface area (Å²) in [6.07, 6.45) is 4.80. The van der Waals surface area contributed by atoms with E-state index in [1.54, 1.807) is 0 Å². The largest absolute Gasteiger partial charge is 0.396 e. The summed E-state index contributed by atoms with van der Waals surface area (Å²) >= 11 is 5.99. The van der Waals surface area contributed by atoms with Crippen LogP contribution in [0.2, 0.25) is 5.02 Å². The van der Waals surface area contributed by atoms with E-state index in [1.165, 1.54) is 24.8 Å². The fourth-order valence-electron chi connectivity index (χ4n) is 3.42. The molecule has 2 unspecified atom stereocenters. The van der Waals surface area contributed by atoms with Gasteiger partial charge in [0.15, 0.2) is 0 Å². The highest BCUT2D eigenvalue weighted by Gasteiger charge is 2.53. The Kier molecular flexibility index (Phi) is 2.49. The second kappa shape index (κ2) is 3.75. The molecular formula is C14H17ClO. The van der Waals surface area contributed by atoms with Crippen LogP contribution >= 0.6 is 11.6 Å². The second-order valence-electron chi connectivity index (χ2n) is 5.63. The highest BCUT2D eigenvalue weighted by molar-refractivity contribution is 6.30.